The van der Waals surface area contributed by atoms with E-state index in [1.807, 2.05) is 25.1 Å². The second kappa shape index (κ2) is 6.16. The topological polar surface area (TPSA) is 20.2 Å². The molecule has 2 aromatic rings. The first kappa shape index (κ1) is 14.7. The molecule has 0 aliphatic heterocycles. The number of aliphatic hydroxyl groups excluding tert-OH is 1. The van der Waals surface area contributed by atoms with E-state index in [-0.39, 0.29) is 5.82 Å². The first-order valence-corrected chi connectivity index (χ1v) is 7.44. The Labute approximate surface area is 128 Å². The van der Waals surface area contributed by atoms with Crippen LogP contribution in [0.1, 0.15) is 22.8 Å². The van der Waals surface area contributed by atoms with E-state index in [2.05, 4.69) is 31.9 Å². The summed E-state index contributed by atoms with van der Waals surface area (Å²) in [5.74, 6) is -0.273. The number of halogens is 3. The summed E-state index contributed by atoms with van der Waals surface area (Å²) in [6, 6.07) is 10.2. The van der Waals surface area contributed by atoms with Gasteiger partial charge in [-0.15, -0.1) is 0 Å². The Balaban J connectivity index is 2.22. The molecule has 4 heteroatoms. The van der Waals surface area contributed by atoms with Gasteiger partial charge in [-0.1, -0.05) is 12.1 Å². The zero-order valence-electron chi connectivity index (χ0n) is 10.3. The summed E-state index contributed by atoms with van der Waals surface area (Å²) in [6.07, 6.45) is -0.248. The van der Waals surface area contributed by atoms with Crippen LogP contribution >= 0.6 is 31.9 Å². The smallest absolute Gasteiger partial charge is 0.123 e. The van der Waals surface area contributed by atoms with Gasteiger partial charge in [-0.2, -0.15) is 0 Å². The number of benzene rings is 2. The highest BCUT2D eigenvalue weighted by Crippen LogP contribution is 2.28. The summed E-state index contributed by atoms with van der Waals surface area (Å²) in [4.78, 5) is 0. The molecule has 0 saturated carbocycles. The molecule has 100 valence electrons. The normalized spacial score (nSPS) is 12.5. The minimum atomic E-state index is -0.648. The van der Waals surface area contributed by atoms with E-state index in [1.54, 1.807) is 6.07 Å². The van der Waals surface area contributed by atoms with Crippen LogP contribution in [0.2, 0.25) is 0 Å². The fourth-order valence-electron chi connectivity index (χ4n) is 1.91. The summed E-state index contributed by atoms with van der Waals surface area (Å²) in [7, 11) is 0. The molecule has 1 N–H and O–H groups in total. The third-order valence-corrected chi connectivity index (χ3v) is 4.93. The maximum Gasteiger partial charge on any atom is 0.123 e. The molecule has 0 fully saturated rings. The van der Waals surface area contributed by atoms with Gasteiger partial charge in [0.1, 0.15) is 5.82 Å². The second-order valence-electron chi connectivity index (χ2n) is 4.46. The molecule has 0 bridgehead atoms. The summed E-state index contributed by atoms with van der Waals surface area (Å²) in [6.45, 7) is 1.92. The van der Waals surface area contributed by atoms with Crippen molar-refractivity contribution in [3.05, 3.63) is 67.9 Å². The lowest BCUT2D eigenvalue weighted by Crippen LogP contribution is -2.03. The van der Waals surface area contributed by atoms with E-state index in [0.29, 0.717) is 6.42 Å². The Hall–Kier alpha value is -0.710. The first-order valence-electron chi connectivity index (χ1n) is 5.85. The Morgan fingerprint density at radius 1 is 1.11 bits per heavy atom. The SMILES string of the molecule is Cc1ccc(F)cc1CC(O)c1ccc(Br)c(Br)c1. The van der Waals surface area contributed by atoms with Crippen molar-refractivity contribution in [3.8, 4) is 0 Å². The fourth-order valence-corrected chi connectivity index (χ4v) is 2.55. The predicted molar refractivity (Wildman–Crippen MR) is 81.6 cm³/mol. The molecular formula is C15H13Br2FO. The van der Waals surface area contributed by atoms with Crippen molar-refractivity contribution in [1.82, 2.24) is 0 Å². The van der Waals surface area contributed by atoms with Gasteiger partial charge in [-0.05, 0) is 79.7 Å². The van der Waals surface area contributed by atoms with E-state index in [4.69, 9.17) is 0 Å². The third-order valence-electron chi connectivity index (χ3n) is 3.05. The molecule has 0 aromatic heterocycles. The lowest BCUT2D eigenvalue weighted by atomic mass is 9.98. The van der Waals surface area contributed by atoms with E-state index in [0.717, 1.165) is 25.6 Å². The highest BCUT2D eigenvalue weighted by molar-refractivity contribution is 9.13. The first-order chi connectivity index (χ1) is 8.97. The molecule has 0 amide bonds. The van der Waals surface area contributed by atoms with Crippen molar-refractivity contribution in [2.75, 3.05) is 0 Å². The van der Waals surface area contributed by atoms with Crippen LogP contribution in [0.5, 0.6) is 0 Å². The molecule has 1 nitrogen and oxygen atoms in total. The van der Waals surface area contributed by atoms with Crippen LogP contribution in [0, 0.1) is 12.7 Å². The number of hydrogen-bond donors (Lipinski definition) is 1. The van der Waals surface area contributed by atoms with Gasteiger partial charge in [0.25, 0.3) is 0 Å². The third kappa shape index (κ3) is 3.65. The van der Waals surface area contributed by atoms with Crippen LogP contribution < -0.4 is 0 Å². The molecule has 0 heterocycles. The molecule has 2 rings (SSSR count). The van der Waals surface area contributed by atoms with Gasteiger partial charge in [-0.25, -0.2) is 4.39 Å². The average molecular weight is 388 g/mol. The second-order valence-corrected chi connectivity index (χ2v) is 6.17. The van der Waals surface area contributed by atoms with Crippen molar-refractivity contribution >= 4 is 31.9 Å². The Bertz CT molecular complexity index is 599. The van der Waals surface area contributed by atoms with Gasteiger partial charge in [0.05, 0.1) is 6.10 Å². The Kier molecular flexibility index (Phi) is 4.76. The molecular weight excluding hydrogens is 375 g/mol. The largest absolute Gasteiger partial charge is 0.388 e. The van der Waals surface area contributed by atoms with Crippen molar-refractivity contribution in [2.45, 2.75) is 19.4 Å². The van der Waals surface area contributed by atoms with Gasteiger partial charge in [0.2, 0.25) is 0 Å². The van der Waals surface area contributed by atoms with Crippen molar-refractivity contribution in [3.63, 3.8) is 0 Å². The molecule has 19 heavy (non-hydrogen) atoms. The van der Waals surface area contributed by atoms with Crippen molar-refractivity contribution in [2.24, 2.45) is 0 Å². The van der Waals surface area contributed by atoms with Gasteiger partial charge in [0.15, 0.2) is 0 Å². The van der Waals surface area contributed by atoms with Gasteiger partial charge >= 0.3 is 0 Å². The van der Waals surface area contributed by atoms with Crippen LogP contribution in [0.25, 0.3) is 0 Å². The zero-order chi connectivity index (χ0) is 14.0. The molecule has 0 spiro atoms. The molecule has 2 aromatic carbocycles. The number of rotatable bonds is 3. The average Bonchev–Trinajstić information content (AvgIpc) is 2.37. The quantitative estimate of drug-likeness (QED) is 0.791. The standard InChI is InChI=1S/C15H13Br2FO/c1-9-2-4-12(18)6-11(9)8-15(19)10-3-5-13(16)14(17)7-10/h2-7,15,19H,8H2,1H3. The molecule has 0 saturated heterocycles. The van der Waals surface area contributed by atoms with E-state index < -0.39 is 6.10 Å². The van der Waals surface area contributed by atoms with Crippen LogP contribution in [-0.2, 0) is 6.42 Å². The van der Waals surface area contributed by atoms with Crippen molar-refractivity contribution in [1.29, 1.82) is 0 Å². The van der Waals surface area contributed by atoms with E-state index >= 15 is 0 Å². The molecule has 1 unspecified atom stereocenters. The van der Waals surface area contributed by atoms with Crippen LogP contribution in [-0.4, -0.2) is 5.11 Å². The molecule has 0 aliphatic carbocycles. The molecule has 0 radical (unpaired) electrons. The minimum Gasteiger partial charge on any atom is -0.388 e. The van der Waals surface area contributed by atoms with E-state index in [1.165, 1.54) is 12.1 Å². The lowest BCUT2D eigenvalue weighted by molar-refractivity contribution is 0.178. The summed E-state index contributed by atoms with van der Waals surface area (Å²) >= 11 is 6.80. The molecule has 0 aliphatic rings. The summed E-state index contributed by atoms with van der Waals surface area (Å²) in [5.41, 5.74) is 2.61. The highest BCUT2D eigenvalue weighted by Gasteiger charge is 2.12. The van der Waals surface area contributed by atoms with Crippen molar-refractivity contribution < 1.29 is 9.50 Å². The number of aryl methyl sites for hydroxylation is 1. The van der Waals surface area contributed by atoms with Crippen LogP contribution in [0.3, 0.4) is 0 Å². The lowest BCUT2D eigenvalue weighted by Gasteiger charge is -2.14. The maximum absolute atomic E-state index is 13.2. The fraction of sp³-hybridized carbons (Fsp3) is 0.200. The number of hydrogen-bond acceptors (Lipinski definition) is 1. The molecule has 1 atom stereocenters. The summed E-state index contributed by atoms with van der Waals surface area (Å²) in [5, 5.41) is 10.2. The highest BCUT2D eigenvalue weighted by atomic mass is 79.9. The Morgan fingerprint density at radius 2 is 1.84 bits per heavy atom. The predicted octanol–water partition coefficient (Wildman–Crippen LogP) is 4.94. The zero-order valence-corrected chi connectivity index (χ0v) is 13.5. The van der Waals surface area contributed by atoms with Gasteiger partial charge in [0, 0.05) is 15.4 Å². The van der Waals surface area contributed by atoms with Gasteiger partial charge in [-0.3, -0.25) is 0 Å². The maximum atomic E-state index is 13.2. The Morgan fingerprint density at radius 3 is 2.53 bits per heavy atom. The number of aliphatic hydroxyl groups is 1. The van der Waals surface area contributed by atoms with Crippen LogP contribution in [0.15, 0.2) is 45.3 Å². The monoisotopic (exact) mass is 386 g/mol. The minimum absolute atomic E-state index is 0.273. The van der Waals surface area contributed by atoms with Crippen LogP contribution in [0.4, 0.5) is 4.39 Å². The summed E-state index contributed by atoms with van der Waals surface area (Å²) < 4.78 is 15.0. The van der Waals surface area contributed by atoms with E-state index in [9.17, 15) is 9.50 Å². The van der Waals surface area contributed by atoms with Gasteiger partial charge < -0.3 is 5.11 Å².